The second kappa shape index (κ2) is 5.88. The number of hydrogen-bond donors (Lipinski definition) is 1. The Morgan fingerprint density at radius 2 is 2.00 bits per heavy atom. The van der Waals surface area contributed by atoms with E-state index in [1.165, 1.54) is 0 Å². The number of nitrogens with one attached hydrogen (secondary N) is 1. The molecule has 1 N–H and O–H groups in total. The Bertz CT molecular complexity index is 603. The van der Waals surface area contributed by atoms with Crippen LogP contribution in [0.3, 0.4) is 0 Å². The average Bonchev–Trinajstić information content (AvgIpc) is 3.01. The number of hydrogen-bond acceptors (Lipinski definition) is 4. The van der Waals surface area contributed by atoms with Crippen LogP contribution in [0, 0.1) is 11.8 Å². The highest BCUT2D eigenvalue weighted by molar-refractivity contribution is 7.91. The van der Waals surface area contributed by atoms with Gasteiger partial charge in [-0.05, 0) is 56.1 Å². The van der Waals surface area contributed by atoms with Gasteiger partial charge >= 0.3 is 0 Å². The highest BCUT2D eigenvalue weighted by Gasteiger charge is 2.41. The molecule has 1 aromatic rings. The summed E-state index contributed by atoms with van der Waals surface area (Å²) in [6.07, 6.45) is 0. The van der Waals surface area contributed by atoms with Crippen LogP contribution in [0.5, 0.6) is 0 Å². The molecule has 1 aromatic carbocycles. The van der Waals surface area contributed by atoms with Crippen molar-refractivity contribution >= 4 is 21.4 Å². The zero-order chi connectivity index (χ0) is 15.0. The van der Waals surface area contributed by atoms with E-state index < -0.39 is 9.84 Å². The molecule has 2 aliphatic heterocycles. The van der Waals surface area contributed by atoms with Gasteiger partial charge in [-0.15, -0.1) is 0 Å². The molecule has 3 unspecified atom stereocenters. The van der Waals surface area contributed by atoms with Gasteiger partial charge in [0.25, 0.3) is 0 Å². The SMILES string of the molecule is CC1C2CNCC2CN1CCS(=O)(=O)c1ccc(Cl)cc1. The predicted molar refractivity (Wildman–Crippen MR) is 84.4 cm³/mol. The first-order valence-corrected chi connectivity index (χ1v) is 9.43. The predicted octanol–water partition coefficient (Wildman–Crippen LogP) is 1.65. The van der Waals surface area contributed by atoms with Gasteiger partial charge in [-0.1, -0.05) is 11.6 Å². The second-order valence-electron chi connectivity index (χ2n) is 6.09. The molecule has 0 amide bonds. The Kier molecular flexibility index (Phi) is 4.28. The number of likely N-dealkylation sites (tertiary alicyclic amines) is 1. The lowest BCUT2D eigenvalue weighted by molar-refractivity contribution is 0.253. The van der Waals surface area contributed by atoms with Crippen LogP contribution in [0.4, 0.5) is 0 Å². The molecule has 4 nitrogen and oxygen atoms in total. The Balaban J connectivity index is 1.63. The normalized spacial score (nSPS) is 29.7. The number of halogens is 1. The zero-order valence-electron chi connectivity index (χ0n) is 12.1. The Labute approximate surface area is 131 Å². The molecule has 0 saturated carbocycles. The molecule has 116 valence electrons. The van der Waals surface area contributed by atoms with Gasteiger partial charge < -0.3 is 5.32 Å². The molecule has 3 rings (SSSR count). The third-order valence-corrected chi connectivity index (χ3v) is 6.84. The first kappa shape index (κ1) is 15.3. The molecular formula is C15H21ClN2O2S. The van der Waals surface area contributed by atoms with E-state index in [-0.39, 0.29) is 5.75 Å². The molecule has 0 spiro atoms. The van der Waals surface area contributed by atoms with Crippen molar-refractivity contribution < 1.29 is 8.42 Å². The molecule has 0 bridgehead atoms. The fourth-order valence-corrected chi connectivity index (χ4v) is 4.94. The van der Waals surface area contributed by atoms with E-state index in [0.29, 0.717) is 34.3 Å². The van der Waals surface area contributed by atoms with E-state index in [4.69, 9.17) is 11.6 Å². The third kappa shape index (κ3) is 3.11. The Hall–Kier alpha value is -0.620. The maximum absolute atomic E-state index is 12.4. The Morgan fingerprint density at radius 1 is 1.29 bits per heavy atom. The van der Waals surface area contributed by atoms with Crippen molar-refractivity contribution in [2.75, 3.05) is 31.9 Å². The summed E-state index contributed by atoms with van der Waals surface area (Å²) in [7, 11) is -3.23. The van der Waals surface area contributed by atoms with E-state index >= 15 is 0 Å². The highest BCUT2D eigenvalue weighted by atomic mass is 35.5. The van der Waals surface area contributed by atoms with Gasteiger partial charge in [-0.2, -0.15) is 0 Å². The third-order valence-electron chi connectivity index (χ3n) is 4.88. The van der Waals surface area contributed by atoms with Crippen molar-refractivity contribution in [2.45, 2.75) is 17.9 Å². The summed E-state index contributed by atoms with van der Waals surface area (Å²) >= 11 is 5.81. The smallest absolute Gasteiger partial charge is 0.179 e. The van der Waals surface area contributed by atoms with Gasteiger partial charge in [0, 0.05) is 24.2 Å². The summed E-state index contributed by atoms with van der Waals surface area (Å²) < 4.78 is 24.7. The fourth-order valence-electron chi connectivity index (χ4n) is 3.55. The van der Waals surface area contributed by atoms with E-state index in [1.807, 2.05) is 0 Å². The van der Waals surface area contributed by atoms with Gasteiger partial charge in [-0.25, -0.2) is 8.42 Å². The molecule has 3 atom stereocenters. The fraction of sp³-hybridized carbons (Fsp3) is 0.600. The van der Waals surface area contributed by atoms with Crippen molar-refractivity contribution in [3.8, 4) is 0 Å². The van der Waals surface area contributed by atoms with Gasteiger partial charge in [-0.3, -0.25) is 4.90 Å². The molecule has 6 heteroatoms. The Morgan fingerprint density at radius 3 is 2.67 bits per heavy atom. The van der Waals surface area contributed by atoms with Crippen LogP contribution >= 0.6 is 11.6 Å². The number of sulfone groups is 1. The number of rotatable bonds is 4. The van der Waals surface area contributed by atoms with Gasteiger partial charge in [0.2, 0.25) is 0 Å². The van der Waals surface area contributed by atoms with Crippen LogP contribution in [-0.4, -0.2) is 51.3 Å². The second-order valence-corrected chi connectivity index (χ2v) is 8.64. The molecule has 0 aliphatic carbocycles. The summed E-state index contributed by atoms with van der Waals surface area (Å²) in [5, 5.41) is 3.98. The minimum Gasteiger partial charge on any atom is -0.316 e. The molecule has 2 aliphatic rings. The lowest BCUT2D eigenvalue weighted by Gasteiger charge is -2.24. The standard InChI is InChI=1S/C15H21ClN2O2S/c1-11-15-9-17-8-12(15)10-18(11)6-7-21(19,20)14-4-2-13(16)3-5-14/h2-5,11-12,15,17H,6-10H2,1H3. The van der Waals surface area contributed by atoms with Crippen molar-refractivity contribution in [3.05, 3.63) is 29.3 Å². The summed E-state index contributed by atoms with van der Waals surface area (Å²) in [5.41, 5.74) is 0. The van der Waals surface area contributed by atoms with E-state index in [9.17, 15) is 8.42 Å². The van der Waals surface area contributed by atoms with E-state index in [1.54, 1.807) is 24.3 Å². The quantitative estimate of drug-likeness (QED) is 0.913. The highest BCUT2D eigenvalue weighted by Crippen LogP contribution is 2.32. The number of nitrogens with zero attached hydrogens (tertiary/aromatic N) is 1. The molecular weight excluding hydrogens is 308 g/mol. The van der Waals surface area contributed by atoms with Crippen molar-refractivity contribution in [3.63, 3.8) is 0 Å². The van der Waals surface area contributed by atoms with Crippen molar-refractivity contribution in [2.24, 2.45) is 11.8 Å². The van der Waals surface area contributed by atoms with Crippen molar-refractivity contribution in [1.29, 1.82) is 0 Å². The first-order valence-electron chi connectivity index (χ1n) is 7.40. The average molecular weight is 329 g/mol. The molecule has 2 fully saturated rings. The minimum atomic E-state index is -3.23. The monoisotopic (exact) mass is 328 g/mol. The summed E-state index contributed by atoms with van der Waals surface area (Å²) in [4.78, 5) is 2.68. The van der Waals surface area contributed by atoms with Crippen molar-refractivity contribution in [1.82, 2.24) is 10.2 Å². The lowest BCUT2D eigenvalue weighted by atomic mass is 9.95. The molecule has 0 radical (unpaired) electrons. The van der Waals surface area contributed by atoms with E-state index in [2.05, 4.69) is 17.1 Å². The molecule has 2 saturated heterocycles. The van der Waals surface area contributed by atoms with Gasteiger partial charge in [0.1, 0.15) is 0 Å². The minimum absolute atomic E-state index is 0.172. The van der Waals surface area contributed by atoms with Crippen LogP contribution in [0.1, 0.15) is 6.92 Å². The van der Waals surface area contributed by atoms with Crippen LogP contribution < -0.4 is 5.32 Å². The van der Waals surface area contributed by atoms with E-state index in [0.717, 1.165) is 19.6 Å². The maximum Gasteiger partial charge on any atom is 0.179 e. The largest absolute Gasteiger partial charge is 0.316 e. The van der Waals surface area contributed by atoms with Gasteiger partial charge in [0.05, 0.1) is 10.6 Å². The van der Waals surface area contributed by atoms with Crippen LogP contribution in [0.2, 0.25) is 5.02 Å². The van der Waals surface area contributed by atoms with Gasteiger partial charge in [0.15, 0.2) is 9.84 Å². The number of fused-ring (bicyclic) bond motifs is 1. The lowest BCUT2D eigenvalue weighted by Crippen LogP contribution is -2.36. The molecule has 2 heterocycles. The molecule has 0 aromatic heterocycles. The van der Waals surface area contributed by atoms with Crippen LogP contribution in [0.15, 0.2) is 29.2 Å². The summed E-state index contributed by atoms with van der Waals surface area (Å²) in [6, 6.07) is 6.89. The zero-order valence-corrected chi connectivity index (χ0v) is 13.7. The van der Waals surface area contributed by atoms with Crippen LogP contribution in [-0.2, 0) is 9.84 Å². The first-order chi connectivity index (χ1) is 9.97. The molecule has 21 heavy (non-hydrogen) atoms. The number of benzene rings is 1. The summed E-state index contributed by atoms with van der Waals surface area (Å²) in [6.45, 7) is 5.96. The summed E-state index contributed by atoms with van der Waals surface area (Å²) in [5.74, 6) is 1.52. The topological polar surface area (TPSA) is 49.4 Å². The maximum atomic E-state index is 12.4. The van der Waals surface area contributed by atoms with Crippen LogP contribution in [0.25, 0.3) is 0 Å².